The van der Waals surface area contributed by atoms with Gasteiger partial charge >= 0.3 is 0 Å². The number of ether oxygens (including phenoxy) is 1. The van der Waals surface area contributed by atoms with Crippen LogP contribution in [0.25, 0.3) is 21.8 Å². The molecule has 4 aliphatic heterocycles. The highest BCUT2D eigenvalue weighted by molar-refractivity contribution is 6.31. The van der Waals surface area contributed by atoms with Crippen molar-refractivity contribution in [1.29, 1.82) is 0 Å². The first-order chi connectivity index (χ1) is 35.7. The maximum atomic E-state index is 14.5. The fourth-order valence-electron chi connectivity index (χ4n) is 11.9. The number of amides is 4. The van der Waals surface area contributed by atoms with E-state index in [9.17, 15) is 28.0 Å². The highest BCUT2D eigenvalue weighted by Crippen LogP contribution is 2.39. The van der Waals surface area contributed by atoms with Crippen LogP contribution < -0.4 is 11.5 Å². The Hall–Kier alpha value is -5.84. The van der Waals surface area contributed by atoms with Gasteiger partial charge in [-0.25, -0.2) is 8.78 Å². The third-order valence-electron chi connectivity index (χ3n) is 15.3. The summed E-state index contributed by atoms with van der Waals surface area (Å²) >= 11 is 12.7. The number of likely N-dealkylation sites (tertiary alicyclic amines) is 3. The van der Waals surface area contributed by atoms with Gasteiger partial charge in [0.15, 0.2) is 0 Å². The van der Waals surface area contributed by atoms with Crippen LogP contribution in [0.4, 0.5) is 8.78 Å². The van der Waals surface area contributed by atoms with Crippen molar-refractivity contribution in [2.75, 3.05) is 52.4 Å². The Labute approximate surface area is 441 Å². The standard InChI is InChI=1S/C29H34ClFN4O3.C28H32ClFN4O2/c1-18-14-34(15-19(2)38-18)29(37)28-22(21-6-3-4-9-25(21)35(28)17-26(32)36)16-33-12-10-20(11-13-33)27-23(30)7-5-8-24(27)31;29-22-8-6-9-23(30)26(22)19-11-15-32(16-12-19)17-21-20-7-2-3-10-24(20)34(18-25(31)35)27(21)28(36)33-13-4-1-5-14-33/h3-9,18-20H,10-17H2,1-2H3,(H2,32,36);2-3,6-10,19H,1,4-5,11-18H2,(H2,31,35)/t18-,19+;. The van der Waals surface area contributed by atoms with Crippen LogP contribution in [-0.2, 0) is 40.5 Å². The largest absolute Gasteiger partial charge is 0.372 e. The SMILES string of the molecule is C[C@@H]1CN(C(=O)c2c(CN3CCC(c4c(F)cccc4Cl)CC3)c3ccccc3n2CC(N)=O)C[C@H](C)O1.NC(=O)Cn1c(C(=O)N2CCCCC2)c(CN2CCC(c3c(F)cccc3Cl)CC2)c2ccccc21. The molecule has 4 fully saturated rings. The molecule has 4 amide bonds. The van der Waals surface area contributed by atoms with E-state index in [1.54, 1.807) is 33.4 Å². The zero-order chi connectivity index (χ0) is 52.2. The molecule has 4 saturated heterocycles. The number of nitrogens with two attached hydrogens (primary N) is 2. The van der Waals surface area contributed by atoms with Crippen LogP contribution in [-0.4, -0.2) is 117 Å². The minimum absolute atomic E-state index is 0.0322. The van der Waals surface area contributed by atoms with Gasteiger partial charge in [0.05, 0.1) is 12.2 Å². The number of morpholine rings is 1. The number of primary amides is 2. The van der Waals surface area contributed by atoms with E-state index in [-0.39, 0.29) is 60.6 Å². The topological polar surface area (TPSA) is 152 Å². The van der Waals surface area contributed by atoms with Gasteiger partial charge in [0.25, 0.3) is 11.8 Å². The predicted octanol–water partition coefficient (Wildman–Crippen LogP) is 9.47. The minimum atomic E-state index is -0.502. The maximum Gasteiger partial charge on any atom is 0.271 e. The number of aromatic nitrogens is 2. The van der Waals surface area contributed by atoms with Crippen molar-refractivity contribution in [3.05, 3.63) is 140 Å². The smallest absolute Gasteiger partial charge is 0.271 e. The fraction of sp³-hybridized carbons (Fsp3) is 0.439. The molecule has 4 aromatic carbocycles. The predicted molar refractivity (Wildman–Crippen MR) is 285 cm³/mol. The van der Waals surface area contributed by atoms with E-state index >= 15 is 0 Å². The molecule has 10 rings (SSSR count). The molecule has 74 heavy (non-hydrogen) atoms. The van der Waals surface area contributed by atoms with Crippen molar-refractivity contribution in [3.8, 4) is 0 Å². The highest BCUT2D eigenvalue weighted by Gasteiger charge is 2.35. The van der Waals surface area contributed by atoms with Gasteiger partial charge in [0.2, 0.25) is 11.8 Å². The van der Waals surface area contributed by atoms with E-state index in [1.165, 1.54) is 12.1 Å². The van der Waals surface area contributed by atoms with Crippen LogP contribution in [0.5, 0.6) is 0 Å². The Kier molecular flexibility index (Phi) is 16.7. The summed E-state index contributed by atoms with van der Waals surface area (Å²) in [6.45, 7) is 10.4. The number of hydrogen-bond acceptors (Lipinski definition) is 7. The first kappa shape index (κ1) is 53.0. The number of para-hydroxylation sites is 2. The molecule has 13 nitrogen and oxygen atoms in total. The molecular weight excluding hydrogens is 986 g/mol. The highest BCUT2D eigenvalue weighted by atomic mass is 35.5. The molecule has 6 aromatic rings. The average Bonchev–Trinajstić information content (AvgIpc) is 3.84. The Morgan fingerprint density at radius 2 is 0.959 bits per heavy atom. The summed E-state index contributed by atoms with van der Waals surface area (Å²) in [5, 5.41) is 2.86. The van der Waals surface area contributed by atoms with Crippen LogP contribution in [0.1, 0.15) is 114 Å². The average molecular weight is 1050 g/mol. The van der Waals surface area contributed by atoms with Gasteiger partial charge < -0.3 is 35.1 Å². The number of rotatable bonds is 12. The van der Waals surface area contributed by atoms with Gasteiger partial charge in [-0.3, -0.25) is 29.0 Å². The van der Waals surface area contributed by atoms with Crippen LogP contribution in [0.15, 0.2) is 84.9 Å². The number of hydrogen-bond donors (Lipinski definition) is 2. The third kappa shape index (κ3) is 11.5. The fourth-order valence-corrected chi connectivity index (χ4v) is 12.6. The van der Waals surface area contributed by atoms with Crippen molar-refractivity contribution in [1.82, 2.24) is 28.7 Å². The lowest BCUT2D eigenvalue weighted by Gasteiger charge is -2.36. The Bertz CT molecular complexity index is 2980. The van der Waals surface area contributed by atoms with Crippen molar-refractivity contribution in [2.24, 2.45) is 11.5 Å². The molecule has 2 aromatic heterocycles. The van der Waals surface area contributed by atoms with Gasteiger partial charge in [0, 0.05) is 93.4 Å². The zero-order valence-corrected chi connectivity index (χ0v) is 43.7. The van der Waals surface area contributed by atoms with Gasteiger partial charge in [0.1, 0.15) is 36.1 Å². The van der Waals surface area contributed by atoms with E-state index in [2.05, 4.69) is 9.80 Å². The molecule has 0 radical (unpaired) electrons. The van der Waals surface area contributed by atoms with Crippen molar-refractivity contribution >= 4 is 68.6 Å². The zero-order valence-electron chi connectivity index (χ0n) is 42.2. The second-order valence-corrected chi connectivity index (χ2v) is 21.3. The molecule has 0 spiro atoms. The van der Waals surface area contributed by atoms with Gasteiger partial charge in [-0.1, -0.05) is 71.7 Å². The molecule has 6 heterocycles. The minimum Gasteiger partial charge on any atom is -0.372 e. The Morgan fingerprint density at radius 3 is 1.36 bits per heavy atom. The third-order valence-corrected chi connectivity index (χ3v) is 15.9. The van der Waals surface area contributed by atoms with Crippen LogP contribution in [0.3, 0.4) is 0 Å². The second-order valence-electron chi connectivity index (χ2n) is 20.5. The van der Waals surface area contributed by atoms with Gasteiger partial charge in [-0.05, 0) is 133 Å². The Balaban J connectivity index is 0.000000182. The normalized spacial score (nSPS) is 19.4. The van der Waals surface area contributed by atoms with Crippen molar-refractivity contribution in [2.45, 2.75) is 109 Å². The molecule has 4 N–H and O–H groups in total. The quantitative estimate of drug-likeness (QED) is 0.124. The number of piperidine rings is 3. The summed E-state index contributed by atoms with van der Waals surface area (Å²) in [6.07, 6.45) is 6.05. The molecule has 392 valence electrons. The Morgan fingerprint density at radius 1 is 0.554 bits per heavy atom. The molecular formula is C57H66Cl2F2N8O5. The summed E-state index contributed by atoms with van der Waals surface area (Å²) in [4.78, 5) is 60.3. The molecule has 17 heteroatoms. The summed E-state index contributed by atoms with van der Waals surface area (Å²) in [5.74, 6) is -1.51. The van der Waals surface area contributed by atoms with E-state index in [0.717, 1.165) is 117 Å². The van der Waals surface area contributed by atoms with Gasteiger partial charge in [-0.2, -0.15) is 0 Å². The molecule has 0 bridgehead atoms. The van der Waals surface area contributed by atoms with Crippen molar-refractivity contribution < 1.29 is 32.7 Å². The van der Waals surface area contributed by atoms with Gasteiger partial charge in [-0.15, -0.1) is 0 Å². The monoisotopic (exact) mass is 1050 g/mol. The second kappa shape index (κ2) is 23.4. The molecule has 0 saturated carbocycles. The molecule has 0 aliphatic carbocycles. The summed E-state index contributed by atoms with van der Waals surface area (Å²) in [7, 11) is 0. The summed E-state index contributed by atoms with van der Waals surface area (Å²) < 4.78 is 38.5. The van der Waals surface area contributed by atoms with E-state index in [1.807, 2.05) is 72.2 Å². The van der Waals surface area contributed by atoms with Crippen LogP contribution >= 0.6 is 23.2 Å². The van der Waals surface area contributed by atoms with Crippen LogP contribution in [0.2, 0.25) is 10.0 Å². The van der Waals surface area contributed by atoms with Crippen molar-refractivity contribution in [3.63, 3.8) is 0 Å². The molecule has 0 unspecified atom stereocenters. The maximum absolute atomic E-state index is 14.5. The number of benzene rings is 4. The van der Waals surface area contributed by atoms with Crippen LogP contribution in [0, 0.1) is 11.6 Å². The lowest BCUT2D eigenvalue weighted by Crippen LogP contribution is -2.49. The summed E-state index contributed by atoms with van der Waals surface area (Å²) in [6, 6.07) is 25.3. The number of carbonyl (C=O) groups excluding carboxylic acids is 4. The first-order valence-corrected chi connectivity index (χ1v) is 26.8. The number of carbonyl (C=O) groups is 4. The number of nitrogens with zero attached hydrogens (tertiary/aromatic N) is 6. The molecule has 4 aliphatic rings. The van der Waals surface area contributed by atoms with E-state index < -0.39 is 11.8 Å². The van der Waals surface area contributed by atoms with E-state index in [4.69, 9.17) is 39.4 Å². The van der Waals surface area contributed by atoms with E-state index in [0.29, 0.717) is 58.7 Å². The summed E-state index contributed by atoms with van der Waals surface area (Å²) in [5.41, 5.74) is 17.0. The number of halogens is 4. The number of fused-ring (bicyclic) bond motifs is 2. The lowest BCUT2D eigenvalue weighted by molar-refractivity contribution is -0.119. The molecule has 2 atom stereocenters. The first-order valence-electron chi connectivity index (χ1n) is 26.0. The lowest BCUT2D eigenvalue weighted by atomic mass is 9.88.